The van der Waals surface area contributed by atoms with E-state index >= 15 is 0 Å². The molecule has 2 rings (SSSR count). The molecule has 1 aromatic heterocycles. The van der Waals surface area contributed by atoms with Gasteiger partial charge in [0.25, 0.3) is 0 Å². The van der Waals surface area contributed by atoms with Gasteiger partial charge >= 0.3 is 18.4 Å². The van der Waals surface area contributed by atoms with Crippen LogP contribution in [0.25, 0.3) is 0 Å². The molecule has 0 saturated heterocycles. The highest BCUT2D eigenvalue weighted by molar-refractivity contribution is 6.35. The van der Waals surface area contributed by atoms with E-state index in [1.165, 1.54) is 25.5 Å². The largest absolute Gasteiger partial charge is 0.493 e. The van der Waals surface area contributed by atoms with Crippen LogP contribution >= 0.6 is 11.6 Å². The predicted molar refractivity (Wildman–Crippen MR) is 90.9 cm³/mol. The van der Waals surface area contributed by atoms with Gasteiger partial charge in [0, 0.05) is 0 Å². The molecule has 11 heteroatoms. The van der Waals surface area contributed by atoms with Crippen molar-refractivity contribution in [3.63, 3.8) is 0 Å². The average Bonchev–Trinajstić information content (AvgIpc) is 3.14. The molecule has 2 aromatic rings. The summed E-state index contributed by atoms with van der Waals surface area (Å²) >= 11 is 5.88. The van der Waals surface area contributed by atoms with E-state index in [-0.39, 0.29) is 23.1 Å². The van der Waals surface area contributed by atoms with Crippen LogP contribution in [0.4, 0.5) is 8.78 Å². The van der Waals surface area contributed by atoms with Crippen molar-refractivity contribution < 1.29 is 32.3 Å². The molecular formula is C16H14ClF2N3O5. The molecule has 27 heavy (non-hydrogen) atoms. The fourth-order valence-electron chi connectivity index (χ4n) is 1.89. The van der Waals surface area contributed by atoms with Gasteiger partial charge in [-0.3, -0.25) is 9.59 Å². The second kappa shape index (κ2) is 9.53. The minimum atomic E-state index is -3.07. The van der Waals surface area contributed by atoms with Crippen molar-refractivity contribution in [2.75, 3.05) is 7.11 Å². The van der Waals surface area contributed by atoms with Crippen LogP contribution < -0.4 is 20.2 Å². The first-order valence-corrected chi connectivity index (χ1v) is 7.74. The molecule has 2 N–H and O–H groups in total. The Morgan fingerprint density at radius 1 is 1.37 bits per heavy atom. The third-order valence-corrected chi connectivity index (χ3v) is 3.33. The number of nitrogens with one attached hydrogen (secondary N) is 2. The monoisotopic (exact) mass is 401 g/mol. The lowest BCUT2D eigenvalue weighted by Gasteiger charge is -2.12. The Hall–Kier alpha value is -3.14. The van der Waals surface area contributed by atoms with E-state index in [1.807, 2.05) is 5.43 Å². The summed E-state index contributed by atoms with van der Waals surface area (Å²) in [5.41, 5.74) is 2.33. The number of ether oxygens (including phenoxy) is 2. The van der Waals surface area contributed by atoms with Crippen molar-refractivity contribution >= 4 is 29.6 Å². The molecule has 0 unspecified atom stereocenters. The zero-order chi connectivity index (χ0) is 19.8. The summed E-state index contributed by atoms with van der Waals surface area (Å²) < 4.78 is 39.0. The topological polar surface area (TPSA) is 102 Å². The molecule has 0 radical (unpaired) electrons. The quantitative estimate of drug-likeness (QED) is 0.421. The van der Waals surface area contributed by atoms with Gasteiger partial charge in [0.1, 0.15) is 5.76 Å². The number of hydrazone groups is 1. The summed E-state index contributed by atoms with van der Waals surface area (Å²) in [4.78, 5) is 23.3. The number of carbonyl (C=O) groups is 2. The third kappa shape index (κ3) is 5.96. The number of rotatable bonds is 7. The van der Waals surface area contributed by atoms with Crippen LogP contribution in [-0.2, 0) is 16.1 Å². The van der Waals surface area contributed by atoms with Gasteiger partial charge in [0.2, 0.25) is 0 Å². The van der Waals surface area contributed by atoms with E-state index in [4.69, 9.17) is 20.8 Å². The SMILES string of the molecule is COc1cc(/C=N\NC(=O)C(=O)NCc2ccco2)cc(Cl)c1OC(F)F. The lowest BCUT2D eigenvalue weighted by Crippen LogP contribution is -2.37. The standard InChI is InChI=1S/C16H14ClF2N3O5/c1-25-12-6-9(5-11(17)13(12)27-16(18)19)7-21-22-15(24)14(23)20-8-10-3-2-4-26-10/h2-7,16H,8H2,1H3,(H,20,23)(H,22,24)/b21-7-. The van der Waals surface area contributed by atoms with Gasteiger partial charge in [-0.25, -0.2) is 5.43 Å². The molecule has 8 nitrogen and oxygen atoms in total. The van der Waals surface area contributed by atoms with E-state index in [0.29, 0.717) is 11.3 Å². The minimum Gasteiger partial charge on any atom is -0.493 e. The normalized spacial score (nSPS) is 10.9. The first-order chi connectivity index (χ1) is 12.9. The van der Waals surface area contributed by atoms with Gasteiger partial charge < -0.3 is 19.2 Å². The summed E-state index contributed by atoms with van der Waals surface area (Å²) in [6.45, 7) is -3.03. The first-order valence-electron chi connectivity index (χ1n) is 7.36. The molecular weight excluding hydrogens is 388 g/mol. The average molecular weight is 402 g/mol. The second-order valence-corrected chi connectivity index (χ2v) is 5.28. The number of benzene rings is 1. The Balaban J connectivity index is 1.95. The van der Waals surface area contributed by atoms with E-state index in [2.05, 4.69) is 15.2 Å². The van der Waals surface area contributed by atoms with E-state index in [9.17, 15) is 18.4 Å². The zero-order valence-corrected chi connectivity index (χ0v) is 14.6. The highest BCUT2D eigenvalue weighted by Crippen LogP contribution is 2.37. The van der Waals surface area contributed by atoms with Gasteiger partial charge in [-0.05, 0) is 29.8 Å². The number of amides is 2. The predicted octanol–water partition coefficient (Wildman–Crippen LogP) is 2.31. The maximum Gasteiger partial charge on any atom is 0.387 e. The Morgan fingerprint density at radius 2 is 2.15 bits per heavy atom. The van der Waals surface area contributed by atoms with Crippen LogP contribution in [0.5, 0.6) is 11.5 Å². The Kier molecular flexibility index (Phi) is 7.12. The molecule has 0 fully saturated rings. The molecule has 0 aliphatic heterocycles. The van der Waals surface area contributed by atoms with E-state index < -0.39 is 18.4 Å². The minimum absolute atomic E-state index is 0.0430. The Labute approximate surface area is 157 Å². The van der Waals surface area contributed by atoms with Crippen LogP contribution in [-0.4, -0.2) is 31.8 Å². The highest BCUT2D eigenvalue weighted by atomic mass is 35.5. The molecule has 0 aliphatic carbocycles. The van der Waals surface area contributed by atoms with Crippen LogP contribution in [0.2, 0.25) is 5.02 Å². The number of nitrogens with zero attached hydrogens (tertiary/aromatic N) is 1. The maximum absolute atomic E-state index is 12.4. The molecule has 0 atom stereocenters. The van der Waals surface area contributed by atoms with E-state index in [0.717, 1.165) is 6.21 Å². The molecule has 0 bridgehead atoms. The van der Waals surface area contributed by atoms with Crippen molar-refractivity contribution in [3.8, 4) is 11.5 Å². The Bertz CT molecular complexity index is 828. The van der Waals surface area contributed by atoms with Crippen LogP contribution in [0.15, 0.2) is 40.0 Å². The maximum atomic E-state index is 12.4. The molecule has 0 saturated carbocycles. The van der Waals surface area contributed by atoms with Gasteiger partial charge in [-0.1, -0.05) is 11.6 Å². The number of carbonyl (C=O) groups excluding carboxylic acids is 2. The second-order valence-electron chi connectivity index (χ2n) is 4.87. The Morgan fingerprint density at radius 3 is 2.78 bits per heavy atom. The third-order valence-electron chi connectivity index (χ3n) is 3.05. The summed E-state index contributed by atoms with van der Waals surface area (Å²) in [6.07, 6.45) is 2.58. The lowest BCUT2D eigenvalue weighted by molar-refractivity contribution is -0.139. The molecule has 0 aliphatic rings. The lowest BCUT2D eigenvalue weighted by atomic mass is 10.2. The summed E-state index contributed by atoms with van der Waals surface area (Å²) in [5.74, 6) is -1.82. The fourth-order valence-corrected chi connectivity index (χ4v) is 2.16. The molecule has 1 aromatic carbocycles. The molecule has 0 spiro atoms. The van der Waals surface area contributed by atoms with Crippen LogP contribution in [0, 0.1) is 0 Å². The van der Waals surface area contributed by atoms with Crippen LogP contribution in [0.1, 0.15) is 11.3 Å². The molecule has 2 amide bonds. The van der Waals surface area contributed by atoms with E-state index in [1.54, 1.807) is 12.1 Å². The number of halogens is 3. The fraction of sp³-hybridized carbons (Fsp3) is 0.188. The van der Waals surface area contributed by atoms with Crippen molar-refractivity contribution in [1.29, 1.82) is 0 Å². The van der Waals surface area contributed by atoms with Crippen LogP contribution in [0.3, 0.4) is 0 Å². The van der Waals surface area contributed by atoms with Crippen molar-refractivity contribution in [1.82, 2.24) is 10.7 Å². The van der Waals surface area contributed by atoms with Gasteiger partial charge in [0.05, 0.1) is 31.2 Å². The van der Waals surface area contributed by atoms with Crippen molar-refractivity contribution in [3.05, 3.63) is 46.9 Å². The van der Waals surface area contributed by atoms with Crippen molar-refractivity contribution in [2.45, 2.75) is 13.2 Å². The van der Waals surface area contributed by atoms with Crippen molar-refractivity contribution in [2.24, 2.45) is 5.10 Å². The smallest absolute Gasteiger partial charge is 0.387 e. The summed E-state index contributed by atoms with van der Waals surface area (Å²) in [5, 5.41) is 5.80. The zero-order valence-electron chi connectivity index (χ0n) is 13.9. The van der Waals surface area contributed by atoms with Gasteiger partial charge in [-0.15, -0.1) is 0 Å². The van der Waals surface area contributed by atoms with Gasteiger partial charge in [0.15, 0.2) is 11.5 Å². The highest BCUT2D eigenvalue weighted by Gasteiger charge is 2.16. The number of furan rings is 1. The number of methoxy groups -OCH3 is 1. The molecule has 144 valence electrons. The number of hydrogen-bond donors (Lipinski definition) is 2. The molecule has 1 heterocycles. The number of hydrogen-bond acceptors (Lipinski definition) is 6. The van der Waals surface area contributed by atoms with Gasteiger partial charge in [-0.2, -0.15) is 13.9 Å². The summed E-state index contributed by atoms with van der Waals surface area (Å²) in [6, 6.07) is 5.86. The summed E-state index contributed by atoms with van der Waals surface area (Å²) in [7, 11) is 1.25. The number of alkyl halides is 2. The first kappa shape index (κ1) is 20.2.